The minimum atomic E-state index is -0.587. The maximum absolute atomic E-state index is 12.3. The van der Waals surface area contributed by atoms with Crippen molar-refractivity contribution in [2.24, 2.45) is 0 Å². The third kappa shape index (κ3) is 3.30. The number of hydrogen-bond acceptors (Lipinski definition) is 6. The van der Waals surface area contributed by atoms with Crippen LogP contribution in [0.5, 0.6) is 0 Å². The Bertz CT molecular complexity index is 708. The number of aryl methyl sites for hydroxylation is 2. The highest BCUT2D eigenvalue weighted by molar-refractivity contribution is 7.11. The van der Waals surface area contributed by atoms with Crippen LogP contribution in [0.3, 0.4) is 0 Å². The highest BCUT2D eigenvalue weighted by Crippen LogP contribution is 2.28. The fourth-order valence-corrected chi connectivity index (χ4v) is 3.14. The highest BCUT2D eigenvalue weighted by atomic mass is 32.1. The lowest BCUT2D eigenvalue weighted by atomic mass is 10.2. The summed E-state index contributed by atoms with van der Waals surface area (Å²) >= 11 is 1.57. The summed E-state index contributed by atoms with van der Waals surface area (Å²) in [7, 11) is 1.71. The van der Waals surface area contributed by atoms with Crippen molar-refractivity contribution in [1.29, 1.82) is 0 Å². The molecule has 1 atom stereocenters. The Kier molecular flexibility index (Phi) is 4.55. The van der Waals surface area contributed by atoms with E-state index in [-0.39, 0.29) is 24.3 Å². The van der Waals surface area contributed by atoms with Gasteiger partial charge in [0.25, 0.3) is 0 Å². The van der Waals surface area contributed by atoms with Gasteiger partial charge in [0.1, 0.15) is 6.54 Å². The molecule has 1 unspecified atom stereocenters. The van der Waals surface area contributed by atoms with Gasteiger partial charge in [-0.05, 0) is 25.7 Å². The number of hydrogen-bond donors (Lipinski definition) is 0. The van der Waals surface area contributed by atoms with Crippen LogP contribution in [0.1, 0.15) is 28.5 Å². The molecule has 0 fully saturated rings. The van der Waals surface area contributed by atoms with Gasteiger partial charge in [0, 0.05) is 11.9 Å². The zero-order valence-electron chi connectivity index (χ0n) is 12.8. The Morgan fingerprint density at radius 2 is 2.23 bits per heavy atom. The number of rotatable bonds is 5. The minimum absolute atomic E-state index is 0.0362. The molecule has 2 heterocycles. The first kappa shape index (κ1) is 16.1. The summed E-state index contributed by atoms with van der Waals surface area (Å²) in [5.74, 6) is -0.437. The van der Waals surface area contributed by atoms with Gasteiger partial charge in [-0.1, -0.05) is 0 Å². The molecule has 0 spiro atoms. The minimum Gasteiger partial charge on any atom is -0.358 e. The normalized spacial score (nSPS) is 12.2. The predicted octanol–water partition coefficient (Wildman–Crippen LogP) is 2.08. The molecule has 22 heavy (non-hydrogen) atoms. The van der Waals surface area contributed by atoms with Crippen LogP contribution in [0, 0.1) is 24.0 Å². The van der Waals surface area contributed by atoms with Crippen molar-refractivity contribution in [3.8, 4) is 0 Å². The van der Waals surface area contributed by atoms with Crippen molar-refractivity contribution in [2.75, 3.05) is 7.05 Å². The molecule has 0 saturated heterocycles. The second kappa shape index (κ2) is 6.22. The van der Waals surface area contributed by atoms with Gasteiger partial charge in [-0.2, -0.15) is 4.68 Å². The van der Waals surface area contributed by atoms with Crippen molar-refractivity contribution in [3.05, 3.63) is 38.0 Å². The van der Waals surface area contributed by atoms with Crippen LogP contribution in [0.25, 0.3) is 0 Å². The number of aromatic nitrogens is 3. The van der Waals surface area contributed by atoms with Gasteiger partial charge in [-0.15, -0.1) is 11.3 Å². The number of carbonyl (C=O) groups is 1. The second-order valence-corrected chi connectivity index (χ2v) is 6.23. The Morgan fingerprint density at radius 1 is 1.55 bits per heavy atom. The first-order chi connectivity index (χ1) is 10.3. The van der Waals surface area contributed by atoms with Crippen molar-refractivity contribution in [3.63, 3.8) is 0 Å². The number of thiazole rings is 1. The fraction of sp³-hybridized carbons (Fsp3) is 0.462. The van der Waals surface area contributed by atoms with Gasteiger partial charge in [0.05, 0.1) is 34.1 Å². The molecular formula is C13H17N5O3S. The van der Waals surface area contributed by atoms with Gasteiger partial charge in [-0.3, -0.25) is 4.79 Å². The van der Waals surface area contributed by atoms with Crippen LogP contribution in [0.2, 0.25) is 0 Å². The largest absolute Gasteiger partial charge is 0.389 e. The van der Waals surface area contributed by atoms with Crippen molar-refractivity contribution in [1.82, 2.24) is 19.7 Å². The Hall–Kier alpha value is -2.29. The zero-order valence-corrected chi connectivity index (χ0v) is 13.6. The van der Waals surface area contributed by atoms with E-state index in [4.69, 9.17) is 0 Å². The summed E-state index contributed by atoms with van der Waals surface area (Å²) in [5.41, 5.74) is 0.921. The summed E-state index contributed by atoms with van der Waals surface area (Å²) in [6.07, 6.45) is 1.43. The summed E-state index contributed by atoms with van der Waals surface area (Å²) < 4.78 is 1.27. The fourth-order valence-electron chi connectivity index (χ4n) is 2.11. The molecule has 1 amide bonds. The van der Waals surface area contributed by atoms with E-state index < -0.39 is 4.92 Å². The summed E-state index contributed by atoms with van der Waals surface area (Å²) in [6, 6.07) is 1.16. The summed E-state index contributed by atoms with van der Waals surface area (Å²) in [6.45, 7) is 5.75. The van der Waals surface area contributed by atoms with Crippen LogP contribution < -0.4 is 0 Å². The van der Waals surface area contributed by atoms with E-state index in [0.717, 1.165) is 15.6 Å². The third-order valence-corrected chi connectivity index (χ3v) is 4.65. The van der Waals surface area contributed by atoms with Crippen LogP contribution >= 0.6 is 11.3 Å². The molecule has 118 valence electrons. The van der Waals surface area contributed by atoms with Gasteiger partial charge >= 0.3 is 5.82 Å². The van der Waals surface area contributed by atoms with E-state index in [1.165, 1.54) is 16.9 Å². The van der Waals surface area contributed by atoms with Crippen LogP contribution in [-0.4, -0.2) is 37.5 Å². The number of carbonyl (C=O) groups excluding carboxylic acids is 1. The van der Waals surface area contributed by atoms with E-state index in [0.29, 0.717) is 0 Å². The van der Waals surface area contributed by atoms with E-state index in [1.807, 2.05) is 20.8 Å². The molecule has 2 aromatic heterocycles. The van der Waals surface area contributed by atoms with E-state index >= 15 is 0 Å². The first-order valence-electron chi connectivity index (χ1n) is 6.67. The van der Waals surface area contributed by atoms with Gasteiger partial charge in [0.15, 0.2) is 0 Å². The van der Waals surface area contributed by atoms with Crippen LogP contribution in [0.15, 0.2) is 12.3 Å². The molecule has 2 rings (SSSR count). The number of nitrogens with zero attached hydrogens (tertiary/aromatic N) is 5. The first-order valence-corrected chi connectivity index (χ1v) is 7.48. The molecule has 2 aromatic rings. The lowest BCUT2D eigenvalue weighted by Gasteiger charge is -2.24. The Balaban J connectivity index is 2.08. The number of nitro groups is 1. The van der Waals surface area contributed by atoms with Crippen LogP contribution in [-0.2, 0) is 11.3 Å². The van der Waals surface area contributed by atoms with E-state index in [2.05, 4.69) is 10.1 Å². The van der Waals surface area contributed by atoms with Crippen molar-refractivity contribution < 1.29 is 9.72 Å². The number of likely N-dealkylation sites (N-methyl/N-ethyl adjacent to an activating group) is 1. The van der Waals surface area contributed by atoms with Gasteiger partial charge < -0.3 is 15.0 Å². The van der Waals surface area contributed by atoms with Gasteiger partial charge in [0.2, 0.25) is 5.91 Å². The summed E-state index contributed by atoms with van der Waals surface area (Å²) in [5, 5.41) is 15.3. The van der Waals surface area contributed by atoms with Gasteiger partial charge in [-0.25, -0.2) is 4.98 Å². The standard InChI is InChI=1S/C13H17N5O3S/c1-8-13(22-10(3)14-8)9(2)16(4)12(19)7-17-6-5-11(15-17)18(20)21/h5-6,9H,7H2,1-4H3. The maximum atomic E-state index is 12.3. The average molecular weight is 323 g/mol. The van der Waals surface area contributed by atoms with E-state index in [9.17, 15) is 14.9 Å². The SMILES string of the molecule is Cc1nc(C)c(C(C)N(C)C(=O)Cn2ccc([N+](=O)[O-])n2)s1. The molecule has 0 aliphatic rings. The molecule has 0 saturated carbocycles. The maximum Gasteiger partial charge on any atom is 0.389 e. The van der Waals surface area contributed by atoms with Crippen molar-refractivity contribution in [2.45, 2.75) is 33.4 Å². The molecule has 0 aromatic carbocycles. The molecule has 8 nitrogen and oxygen atoms in total. The topological polar surface area (TPSA) is 94.2 Å². The molecule has 9 heteroatoms. The third-order valence-electron chi connectivity index (χ3n) is 3.40. The molecule has 0 bridgehead atoms. The molecule has 0 aliphatic carbocycles. The molecular weight excluding hydrogens is 306 g/mol. The smallest absolute Gasteiger partial charge is 0.358 e. The molecule has 0 N–H and O–H groups in total. The van der Waals surface area contributed by atoms with E-state index in [1.54, 1.807) is 23.3 Å². The number of amides is 1. The predicted molar refractivity (Wildman–Crippen MR) is 81.7 cm³/mol. The quantitative estimate of drug-likeness (QED) is 0.620. The summed E-state index contributed by atoms with van der Waals surface area (Å²) in [4.78, 5) is 29.3. The monoisotopic (exact) mass is 323 g/mol. The van der Waals surface area contributed by atoms with Crippen LogP contribution in [0.4, 0.5) is 5.82 Å². The molecule has 0 aliphatic heterocycles. The Morgan fingerprint density at radius 3 is 2.73 bits per heavy atom. The van der Waals surface area contributed by atoms with Crippen molar-refractivity contribution >= 4 is 23.1 Å². The average Bonchev–Trinajstić information content (AvgIpc) is 3.03. The highest BCUT2D eigenvalue weighted by Gasteiger charge is 2.23. The Labute approximate surface area is 131 Å². The molecule has 0 radical (unpaired) electrons. The second-order valence-electron chi connectivity index (χ2n) is 4.99. The lowest BCUT2D eigenvalue weighted by Crippen LogP contribution is -2.32. The zero-order chi connectivity index (χ0) is 16.4. The lowest BCUT2D eigenvalue weighted by molar-refractivity contribution is -0.389.